The fraction of sp³-hybridized carbons (Fsp3) is 0.429. The first-order chi connectivity index (χ1) is 10.3. The van der Waals surface area contributed by atoms with Crippen LogP contribution in [0.3, 0.4) is 0 Å². The fourth-order valence-electron chi connectivity index (χ4n) is 2.01. The Morgan fingerprint density at radius 3 is 2.57 bits per heavy atom. The van der Waals surface area contributed by atoms with E-state index in [0.29, 0.717) is 0 Å². The summed E-state index contributed by atoms with van der Waals surface area (Å²) in [7, 11) is 2.14. The molecule has 0 spiro atoms. The highest BCUT2D eigenvalue weighted by molar-refractivity contribution is 5.85. The van der Waals surface area contributed by atoms with Gasteiger partial charge in [0.05, 0.1) is 0 Å². The number of allylic oxidation sites excluding steroid dienone is 3. The molecule has 0 radical (unpaired) electrons. The highest BCUT2D eigenvalue weighted by Crippen LogP contribution is 2.16. The second kappa shape index (κ2) is 10.3. The molecule has 0 atom stereocenters. The molecule has 0 saturated carbocycles. The molecule has 1 nitrogen and oxygen atoms in total. The third kappa shape index (κ3) is 9.29. The molecule has 0 aliphatic heterocycles. The van der Waals surface area contributed by atoms with Gasteiger partial charge in [0.25, 0.3) is 0 Å². The number of rotatable bonds is 5. The van der Waals surface area contributed by atoms with Gasteiger partial charge in [-0.1, -0.05) is 48.3 Å². The van der Waals surface area contributed by atoms with Gasteiger partial charge in [-0.3, -0.25) is 4.90 Å². The Bertz CT molecular complexity index is 594. The van der Waals surface area contributed by atoms with Gasteiger partial charge in [-0.05, 0) is 64.4 Å². The van der Waals surface area contributed by atoms with E-state index in [-0.39, 0.29) is 17.8 Å². The molecule has 0 aliphatic carbocycles. The van der Waals surface area contributed by atoms with E-state index in [1.165, 1.54) is 16.7 Å². The molecule has 0 saturated heterocycles. The Balaban J connectivity index is 0.00000484. The summed E-state index contributed by atoms with van der Waals surface area (Å²) in [4.78, 5) is 2.29. The second-order valence-electron chi connectivity index (χ2n) is 6.79. The van der Waals surface area contributed by atoms with Gasteiger partial charge in [0.1, 0.15) is 0 Å². The predicted octanol–water partition coefficient (Wildman–Crippen LogP) is 5.57. The average molecular weight is 332 g/mol. The molecule has 0 aromatic heterocycles. The zero-order chi connectivity index (χ0) is 16.6. The van der Waals surface area contributed by atoms with Crippen LogP contribution in [0.2, 0.25) is 0 Å². The maximum atomic E-state index is 3.21. The minimum atomic E-state index is 0. The fourth-order valence-corrected chi connectivity index (χ4v) is 2.01. The van der Waals surface area contributed by atoms with E-state index in [9.17, 15) is 0 Å². The van der Waals surface area contributed by atoms with Crippen LogP contribution >= 0.6 is 12.4 Å². The van der Waals surface area contributed by atoms with Crippen molar-refractivity contribution in [3.63, 3.8) is 0 Å². The second-order valence-corrected chi connectivity index (χ2v) is 6.79. The van der Waals surface area contributed by atoms with Gasteiger partial charge in [0, 0.05) is 18.5 Å². The van der Waals surface area contributed by atoms with Crippen molar-refractivity contribution >= 4 is 18.0 Å². The summed E-state index contributed by atoms with van der Waals surface area (Å²) >= 11 is 0. The summed E-state index contributed by atoms with van der Waals surface area (Å²) in [6.07, 6.45) is 6.24. The lowest BCUT2D eigenvalue weighted by Crippen LogP contribution is -2.17. The first kappa shape index (κ1) is 21.5. The van der Waals surface area contributed by atoms with Crippen molar-refractivity contribution < 1.29 is 0 Å². The molecule has 0 aliphatic rings. The Hall–Kier alpha value is -1.49. The van der Waals surface area contributed by atoms with Crippen molar-refractivity contribution in [3.8, 4) is 11.8 Å². The normalized spacial score (nSPS) is 12.0. The van der Waals surface area contributed by atoms with Crippen LogP contribution in [0.15, 0.2) is 42.5 Å². The zero-order valence-corrected chi connectivity index (χ0v) is 16.1. The smallest absolute Gasteiger partial charge is 0.0234 e. The van der Waals surface area contributed by atoms with Gasteiger partial charge < -0.3 is 0 Å². The molecule has 0 fully saturated rings. The number of halogens is 1. The minimum Gasteiger partial charge on any atom is -0.298 e. The molecular weight excluding hydrogens is 302 g/mol. The number of hydrogen-bond donors (Lipinski definition) is 0. The lowest BCUT2D eigenvalue weighted by Gasteiger charge is -2.15. The molecule has 0 N–H and O–H groups in total. The number of hydrogen-bond acceptors (Lipinski definition) is 1. The summed E-state index contributed by atoms with van der Waals surface area (Å²) in [5, 5.41) is 0. The van der Waals surface area contributed by atoms with Crippen molar-refractivity contribution in [1.82, 2.24) is 4.90 Å². The lowest BCUT2D eigenvalue weighted by atomic mass is 9.98. The van der Waals surface area contributed by atoms with Gasteiger partial charge in [-0.25, -0.2) is 0 Å². The van der Waals surface area contributed by atoms with E-state index in [1.54, 1.807) is 0 Å². The quantitative estimate of drug-likeness (QED) is 0.637. The Morgan fingerprint density at radius 2 is 1.96 bits per heavy atom. The standard InChI is InChI=1S/C21H29N.ClH/c1-7-18(2)20-13-11-12-19(16-20)17-22(6)15-10-8-9-14-21(3,4)5;/h7-8,10-13,16H,15,17H2,1-6H3;1H/b10-8-,18-7?;. The summed E-state index contributed by atoms with van der Waals surface area (Å²) in [5.74, 6) is 6.32. The zero-order valence-electron chi connectivity index (χ0n) is 15.3. The number of benzene rings is 1. The van der Waals surface area contributed by atoms with Crippen LogP contribution in [0, 0.1) is 17.3 Å². The summed E-state index contributed by atoms with van der Waals surface area (Å²) in [5.41, 5.74) is 4.04. The molecule has 0 heterocycles. The van der Waals surface area contributed by atoms with E-state index in [4.69, 9.17) is 0 Å². The van der Waals surface area contributed by atoms with Crippen molar-refractivity contribution in [1.29, 1.82) is 0 Å². The maximum absolute atomic E-state index is 3.21. The molecule has 0 unspecified atom stereocenters. The molecule has 2 heteroatoms. The average Bonchev–Trinajstić information content (AvgIpc) is 2.45. The molecule has 126 valence electrons. The summed E-state index contributed by atoms with van der Waals surface area (Å²) in [6.45, 7) is 12.5. The number of likely N-dealkylation sites (N-methyl/N-ethyl adjacent to an activating group) is 1. The summed E-state index contributed by atoms with van der Waals surface area (Å²) in [6, 6.07) is 8.76. The molecule has 1 aromatic rings. The maximum Gasteiger partial charge on any atom is 0.0234 e. The van der Waals surface area contributed by atoms with Crippen LogP contribution in [0.4, 0.5) is 0 Å². The molecule has 0 amide bonds. The lowest BCUT2D eigenvalue weighted by molar-refractivity contribution is 0.363. The van der Waals surface area contributed by atoms with Crippen molar-refractivity contribution in [2.45, 2.75) is 41.2 Å². The van der Waals surface area contributed by atoms with E-state index in [1.807, 2.05) is 6.08 Å². The Morgan fingerprint density at radius 1 is 1.26 bits per heavy atom. The van der Waals surface area contributed by atoms with Crippen molar-refractivity contribution in [3.05, 3.63) is 53.6 Å². The van der Waals surface area contributed by atoms with Gasteiger partial charge in [-0.15, -0.1) is 12.4 Å². The van der Waals surface area contributed by atoms with Crippen LogP contribution < -0.4 is 0 Å². The van der Waals surface area contributed by atoms with Gasteiger partial charge >= 0.3 is 0 Å². The summed E-state index contributed by atoms with van der Waals surface area (Å²) < 4.78 is 0. The minimum absolute atomic E-state index is 0. The van der Waals surface area contributed by atoms with Crippen LogP contribution in [-0.4, -0.2) is 18.5 Å². The van der Waals surface area contributed by atoms with E-state index < -0.39 is 0 Å². The number of nitrogens with zero attached hydrogens (tertiary/aromatic N) is 1. The first-order valence-electron chi connectivity index (χ1n) is 7.90. The molecule has 0 bridgehead atoms. The highest BCUT2D eigenvalue weighted by atomic mass is 35.5. The van der Waals surface area contributed by atoms with E-state index in [2.05, 4.69) is 94.8 Å². The molecule has 1 rings (SSSR count). The largest absolute Gasteiger partial charge is 0.298 e. The van der Waals surface area contributed by atoms with Crippen LogP contribution in [0.25, 0.3) is 5.57 Å². The van der Waals surface area contributed by atoms with E-state index >= 15 is 0 Å². The third-order valence-electron chi connectivity index (χ3n) is 3.33. The highest BCUT2D eigenvalue weighted by Gasteiger charge is 2.02. The van der Waals surface area contributed by atoms with Crippen molar-refractivity contribution in [2.24, 2.45) is 5.41 Å². The van der Waals surface area contributed by atoms with E-state index in [0.717, 1.165) is 13.1 Å². The monoisotopic (exact) mass is 331 g/mol. The van der Waals surface area contributed by atoms with Crippen LogP contribution in [0.1, 0.15) is 45.7 Å². The molecule has 23 heavy (non-hydrogen) atoms. The van der Waals surface area contributed by atoms with Crippen molar-refractivity contribution in [2.75, 3.05) is 13.6 Å². The molecular formula is C21H30ClN. The van der Waals surface area contributed by atoms with Gasteiger partial charge in [0.2, 0.25) is 0 Å². The van der Waals surface area contributed by atoms with Gasteiger partial charge in [0.15, 0.2) is 0 Å². The van der Waals surface area contributed by atoms with Gasteiger partial charge in [-0.2, -0.15) is 0 Å². The Kier molecular flexibility index (Phi) is 9.65. The topological polar surface area (TPSA) is 3.24 Å². The SMILES string of the molecule is CC=C(C)c1cccc(CN(C)C/C=C\C#CC(C)(C)C)c1.Cl. The van der Waals surface area contributed by atoms with Crippen LogP contribution in [0.5, 0.6) is 0 Å². The first-order valence-corrected chi connectivity index (χ1v) is 7.90. The predicted molar refractivity (Wildman–Crippen MR) is 106 cm³/mol. The molecule has 1 aromatic carbocycles. The van der Waals surface area contributed by atoms with Crippen LogP contribution in [-0.2, 0) is 6.54 Å². The third-order valence-corrected chi connectivity index (χ3v) is 3.33. The Labute approximate surface area is 148 Å².